The van der Waals surface area contributed by atoms with Crippen LogP contribution in [0.5, 0.6) is 0 Å². The third-order valence-corrected chi connectivity index (χ3v) is 5.50. The molecular formula is C20H22ClFN2. The molecule has 1 aliphatic heterocycles. The first-order valence-corrected chi connectivity index (χ1v) is 9.03. The van der Waals surface area contributed by atoms with Crippen molar-refractivity contribution in [2.24, 2.45) is 5.92 Å². The quantitative estimate of drug-likeness (QED) is 0.850. The molecule has 1 aliphatic carbocycles. The Morgan fingerprint density at radius 3 is 2.75 bits per heavy atom. The van der Waals surface area contributed by atoms with Crippen LogP contribution in [0.4, 0.5) is 10.1 Å². The first-order chi connectivity index (χ1) is 11.7. The summed E-state index contributed by atoms with van der Waals surface area (Å²) in [5, 5.41) is 3.44. The zero-order valence-electron chi connectivity index (χ0n) is 13.9. The second-order valence-electron chi connectivity index (χ2n) is 6.93. The van der Waals surface area contributed by atoms with Crippen LogP contribution in [0.3, 0.4) is 0 Å². The summed E-state index contributed by atoms with van der Waals surface area (Å²) in [7, 11) is 1.94. The number of hydrogen-bond acceptors (Lipinski definition) is 2. The van der Waals surface area contributed by atoms with Crippen molar-refractivity contribution in [1.82, 2.24) is 4.90 Å². The summed E-state index contributed by atoms with van der Waals surface area (Å²) in [6, 6.07) is 11.9. The van der Waals surface area contributed by atoms with E-state index >= 15 is 0 Å². The van der Waals surface area contributed by atoms with Gasteiger partial charge in [-0.2, -0.15) is 0 Å². The van der Waals surface area contributed by atoms with Crippen LogP contribution in [0.15, 0.2) is 36.4 Å². The van der Waals surface area contributed by atoms with Gasteiger partial charge < -0.3 is 5.32 Å². The number of fused-ring (bicyclic) bond motifs is 1. The molecule has 0 bridgehead atoms. The fourth-order valence-corrected chi connectivity index (χ4v) is 3.91. The van der Waals surface area contributed by atoms with Gasteiger partial charge >= 0.3 is 0 Å². The number of rotatable bonds is 4. The average Bonchev–Trinajstić information content (AvgIpc) is 3.41. The van der Waals surface area contributed by atoms with Gasteiger partial charge in [-0.3, -0.25) is 4.90 Å². The van der Waals surface area contributed by atoms with E-state index in [0.717, 1.165) is 36.7 Å². The number of nitrogens with one attached hydrogen (secondary N) is 1. The molecule has 2 nitrogen and oxygen atoms in total. The lowest BCUT2D eigenvalue weighted by Gasteiger charge is -2.38. The number of hydrogen-bond donors (Lipinski definition) is 1. The minimum Gasteiger partial charge on any atom is -0.388 e. The van der Waals surface area contributed by atoms with Gasteiger partial charge in [-0.05, 0) is 66.1 Å². The molecule has 24 heavy (non-hydrogen) atoms. The van der Waals surface area contributed by atoms with E-state index in [1.54, 1.807) is 6.07 Å². The van der Waals surface area contributed by atoms with Gasteiger partial charge in [0.2, 0.25) is 0 Å². The maximum Gasteiger partial charge on any atom is 0.141 e. The monoisotopic (exact) mass is 344 g/mol. The predicted octanol–water partition coefficient (Wildman–Crippen LogP) is 4.88. The van der Waals surface area contributed by atoms with Crippen LogP contribution in [-0.4, -0.2) is 25.0 Å². The third kappa shape index (κ3) is 3.03. The van der Waals surface area contributed by atoms with Gasteiger partial charge in [-0.25, -0.2) is 4.39 Å². The first-order valence-electron chi connectivity index (χ1n) is 8.65. The Morgan fingerprint density at radius 1 is 1.21 bits per heavy atom. The highest BCUT2D eigenvalue weighted by Gasteiger charge is 2.33. The molecule has 126 valence electrons. The lowest BCUT2D eigenvalue weighted by Crippen LogP contribution is -2.37. The number of anilines is 1. The van der Waals surface area contributed by atoms with Crippen molar-refractivity contribution in [3.05, 3.63) is 63.9 Å². The van der Waals surface area contributed by atoms with Crippen LogP contribution >= 0.6 is 11.6 Å². The van der Waals surface area contributed by atoms with Crippen molar-refractivity contribution >= 4 is 17.3 Å². The smallest absolute Gasteiger partial charge is 0.141 e. The van der Waals surface area contributed by atoms with E-state index in [4.69, 9.17) is 11.6 Å². The van der Waals surface area contributed by atoms with Gasteiger partial charge in [0.15, 0.2) is 0 Å². The zero-order chi connectivity index (χ0) is 16.7. The molecule has 0 aromatic heterocycles. The second-order valence-corrected chi connectivity index (χ2v) is 7.34. The Labute approximate surface area is 147 Å². The molecule has 2 aromatic carbocycles. The fourth-order valence-electron chi connectivity index (χ4n) is 3.72. The maximum atomic E-state index is 13.6. The topological polar surface area (TPSA) is 15.3 Å². The van der Waals surface area contributed by atoms with Crippen LogP contribution in [0.2, 0.25) is 5.02 Å². The highest BCUT2D eigenvalue weighted by atomic mass is 35.5. The normalized spacial score (nSPS) is 20.7. The second kappa shape index (κ2) is 6.38. The van der Waals surface area contributed by atoms with Crippen molar-refractivity contribution < 1.29 is 4.39 Å². The molecule has 0 radical (unpaired) electrons. The molecule has 1 unspecified atom stereocenters. The molecule has 0 spiro atoms. The summed E-state index contributed by atoms with van der Waals surface area (Å²) < 4.78 is 13.6. The van der Waals surface area contributed by atoms with E-state index in [1.807, 2.05) is 13.1 Å². The summed E-state index contributed by atoms with van der Waals surface area (Å²) in [6.07, 6.45) is 3.73. The molecule has 1 heterocycles. The number of benzene rings is 2. The minimum atomic E-state index is -0.353. The zero-order valence-corrected chi connectivity index (χ0v) is 14.6. The molecule has 2 aliphatic rings. The van der Waals surface area contributed by atoms with Crippen LogP contribution in [0.1, 0.15) is 35.6 Å². The summed E-state index contributed by atoms with van der Waals surface area (Å²) in [5.74, 6) is 0.464. The van der Waals surface area contributed by atoms with Gasteiger partial charge in [0.25, 0.3) is 0 Å². The fraction of sp³-hybridized carbons (Fsp3) is 0.400. The molecule has 1 fully saturated rings. The molecule has 4 heteroatoms. The molecule has 1 atom stereocenters. The summed E-state index contributed by atoms with van der Waals surface area (Å²) in [4.78, 5) is 2.54. The van der Waals surface area contributed by atoms with E-state index in [1.165, 1.54) is 30.0 Å². The summed E-state index contributed by atoms with van der Waals surface area (Å²) in [5.41, 5.74) is 4.89. The average molecular weight is 345 g/mol. The maximum absolute atomic E-state index is 13.6. The van der Waals surface area contributed by atoms with E-state index in [9.17, 15) is 4.39 Å². The lowest BCUT2D eigenvalue weighted by atomic mass is 9.87. The van der Waals surface area contributed by atoms with Gasteiger partial charge in [0.1, 0.15) is 5.82 Å². The Hall–Kier alpha value is -1.58. The Balaban J connectivity index is 1.79. The molecule has 1 saturated carbocycles. The van der Waals surface area contributed by atoms with Gasteiger partial charge in [-0.1, -0.05) is 23.7 Å². The van der Waals surface area contributed by atoms with Crippen LogP contribution in [-0.2, 0) is 6.42 Å². The molecule has 4 rings (SSSR count). The van der Waals surface area contributed by atoms with Crippen LogP contribution < -0.4 is 5.32 Å². The van der Waals surface area contributed by atoms with Crippen LogP contribution in [0, 0.1) is 11.7 Å². The molecular weight excluding hydrogens is 323 g/mol. The van der Waals surface area contributed by atoms with Crippen molar-refractivity contribution in [1.29, 1.82) is 0 Å². The molecule has 1 N–H and O–H groups in total. The van der Waals surface area contributed by atoms with E-state index in [-0.39, 0.29) is 16.9 Å². The van der Waals surface area contributed by atoms with Crippen LogP contribution in [0.25, 0.3) is 0 Å². The number of nitrogens with zero attached hydrogens (tertiary/aromatic N) is 1. The van der Waals surface area contributed by atoms with E-state index in [2.05, 4.69) is 28.4 Å². The van der Waals surface area contributed by atoms with E-state index < -0.39 is 0 Å². The lowest BCUT2D eigenvalue weighted by molar-refractivity contribution is 0.204. The Bertz CT molecular complexity index is 757. The summed E-state index contributed by atoms with van der Waals surface area (Å²) in [6.45, 7) is 2.16. The molecule has 0 saturated heterocycles. The molecule has 2 aromatic rings. The third-order valence-electron chi connectivity index (χ3n) is 5.21. The first kappa shape index (κ1) is 15.9. The largest absolute Gasteiger partial charge is 0.388 e. The standard InChI is InChI=1S/C20H22ClFN2/c1-23-16-6-4-14-8-9-24(12-13-2-3-13)20(17(14)11-16)15-5-7-19(22)18(21)10-15/h4-7,10-11,13,20,23H,2-3,8-9,12H2,1H3. The highest BCUT2D eigenvalue weighted by molar-refractivity contribution is 6.30. The molecule has 0 amide bonds. The Morgan fingerprint density at radius 2 is 2.04 bits per heavy atom. The highest BCUT2D eigenvalue weighted by Crippen LogP contribution is 2.40. The predicted molar refractivity (Wildman–Crippen MR) is 97.2 cm³/mol. The van der Waals surface area contributed by atoms with Gasteiger partial charge in [-0.15, -0.1) is 0 Å². The minimum absolute atomic E-state index is 0.153. The number of halogens is 2. The SMILES string of the molecule is CNc1ccc2c(c1)C(c1ccc(F)c(Cl)c1)N(CC1CC1)CC2. The van der Waals surface area contributed by atoms with Crippen molar-refractivity contribution in [2.75, 3.05) is 25.5 Å². The summed E-state index contributed by atoms with van der Waals surface area (Å²) >= 11 is 6.08. The van der Waals surface area contributed by atoms with Crippen molar-refractivity contribution in [3.63, 3.8) is 0 Å². The van der Waals surface area contributed by atoms with Gasteiger partial charge in [0.05, 0.1) is 11.1 Å². The van der Waals surface area contributed by atoms with Crippen molar-refractivity contribution in [3.8, 4) is 0 Å². The van der Waals surface area contributed by atoms with E-state index in [0.29, 0.717) is 0 Å². The Kier molecular flexibility index (Phi) is 4.23. The van der Waals surface area contributed by atoms with Gasteiger partial charge in [0, 0.05) is 25.8 Å². The van der Waals surface area contributed by atoms with Crippen molar-refractivity contribution in [2.45, 2.75) is 25.3 Å².